The van der Waals surface area contributed by atoms with Gasteiger partial charge in [0.15, 0.2) is 5.65 Å². The van der Waals surface area contributed by atoms with E-state index in [1.54, 1.807) is 7.11 Å². The van der Waals surface area contributed by atoms with Crippen molar-refractivity contribution >= 4 is 5.65 Å². The van der Waals surface area contributed by atoms with Crippen LogP contribution in [0.15, 0.2) is 18.5 Å². The van der Waals surface area contributed by atoms with Crippen LogP contribution in [0.4, 0.5) is 0 Å². The fourth-order valence-corrected chi connectivity index (χ4v) is 1.99. The molecule has 0 aliphatic rings. The minimum absolute atomic E-state index is 0.774. The number of hydrogen-bond donors (Lipinski definition) is 1. The Morgan fingerprint density at radius 2 is 2.25 bits per heavy atom. The van der Waals surface area contributed by atoms with Crippen molar-refractivity contribution in [2.75, 3.05) is 40.4 Å². The molecule has 20 heavy (non-hydrogen) atoms. The van der Waals surface area contributed by atoms with E-state index >= 15 is 0 Å². The first-order valence-corrected chi connectivity index (χ1v) is 6.88. The van der Waals surface area contributed by atoms with Gasteiger partial charge in [-0.15, -0.1) is 0 Å². The molecule has 0 bridgehead atoms. The van der Waals surface area contributed by atoms with Crippen LogP contribution in [0, 0.1) is 6.92 Å². The van der Waals surface area contributed by atoms with Crippen LogP contribution in [-0.2, 0) is 11.3 Å². The van der Waals surface area contributed by atoms with Gasteiger partial charge in [0.05, 0.1) is 12.3 Å². The van der Waals surface area contributed by atoms with Crippen LogP contribution >= 0.6 is 0 Å². The van der Waals surface area contributed by atoms with Gasteiger partial charge in [-0.1, -0.05) is 0 Å². The monoisotopic (exact) mass is 277 g/mol. The fraction of sp³-hybridized carbons (Fsp3) is 0.571. The summed E-state index contributed by atoms with van der Waals surface area (Å²) in [6.07, 6.45) is 3.93. The van der Waals surface area contributed by atoms with E-state index in [1.165, 1.54) is 0 Å². The summed E-state index contributed by atoms with van der Waals surface area (Å²) in [6.45, 7) is 6.45. The molecular formula is C14H23N5O. The third-order valence-electron chi connectivity index (χ3n) is 3.17. The van der Waals surface area contributed by atoms with Gasteiger partial charge in [0.1, 0.15) is 0 Å². The molecule has 2 aromatic heterocycles. The first-order chi connectivity index (χ1) is 9.69. The van der Waals surface area contributed by atoms with Crippen molar-refractivity contribution in [3.8, 4) is 0 Å². The molecule has 0 aliphatic heterocycles. The van der Waals surface area contributed by atoms with Crippen LogP contribution in [0.25, 0.3) is 5.65 Å². The number of fused-ring (bicyclic) bond motifs is 1. The number of likely N-dealkylation sites (N-methyl/N-ethyl adjacent to an activating group) is 1. The highest BCUT2D eigenvalue weighted by Crippen LogP contribution is 2.04. The van der Waals surface area contributed by atoms with Gasteiger partial charge < -0.3 is 15.0 Å². The van der Waals surface area contributed by atoms with Crippen molar-refractivity contribution in [3.05, 3.63) is 29.7 Å². The molecule has 0 fully saturated rings. The van der Waals surface area contributed by atoms with Gasteiger partial charge >= 0.3 is 0 Å². The molecule has 0 spiro atoms. The van der Waals surface area contributed by atoms with Gasteiger partial charge in [0.2, 0.25) is 0 Å². The zero-order valence-electron chi connectivity index (χ0n) is 12.5. The Bertz CT molecular complexity index is 539. The lowest BCUT2D eigenvalue weighted by atomic mass is 10.3. The summed E-state index contributed by atoms with van der Waals surface area (Å²) in [6, 6.07) is 1.97. The van der Waals surface area contributed by atoms with Crippen LogP contribution < -0.4 is 5.32 Å². The van der Waals surface area contributed by atoms with Crippen LogP contribution in [0.1, 0.15) is 11.3 Å². The first kappa shape index (κ1) is 14.9. The van der Waals surface area contributed by atoms with Crippen molar-refractivity contribution in [1.82, 2.24) is 24.8 Å². The number of rotatable bonds is 8. The topological polar surface area (TPSA) is 54.7 Å². The van der Waals surface area contributed by atoms with Gasteiger partial charge in [0, 0.05) is 57.3 Å². The van der Waals surface area contributed by atoms with Crippen molar-refractivity contribution in [2.24, 2.45) is 0 Å². The predicted molar refractivity (Wildman–Crippen MR) is 78.8 cm³/mol. The van der Waals surface area contributed by atoms with Crippen LogP contribution in [0.5, 0.6) is 0 Å². The molecule has 2 aromatic rings. The average molecular weight is 277 g/mol. The minimum Gasteiger partial charge on any atom is -0.383 e. The van der Waals surface area contributed by atoms with E-state index < -0.39 is 0 Å². The second-order valence-electron chi connectivity index (χ2n) is 5.02. The van der Waals surface area contributed by atoms with E-state index in [0.717, 1.165) is 49.7 Å². The molecule has 0 saturated heterocycles. The van der Waals surface area contributed by atoms with E-state index in [-0.39, 0.29) is 0 Å². The Morgan fingerprint density at radius 1 is 1.40 bits per heavy atom. The molecule has 2 rings (SSSR count). The maximum Gasteiger partial charge on any atom is 0.155 e. The molecule has 6 heteroatoms. The van der Waals surface area contributed by atoms with E-state index in [9.17, 15) is 0 Å². The van der Waals surface area contributed by atoms with E-state index in [2.05, 4.69) is 27.3 Å². The summed E-state index contributed by atoms with van der Waals surface area (Å²) in [5.74, 6) is 0. The summed E-state index contributed by atoms with van der Waals surface area (Å²) >= 11 is 0. The molecule has 110 valence electrons. The number of methoxy groups -OCH3 is 1. The number of nitrogens with one attached hydrogen (secondary N) is 1. The highest BCUT2D eigenvalue weighted by atomic mass is 16.5. The minimum atomic E-state index is 0.774. The number of nitrogens with zero attached hydrogens (tertiary/aromatic N) is 4. The number of aryl methyl sites for hydroxylation is 1. The average Bonchev–Trinajstić information content (AvgIpc) is 2.80. The Labute approximate surface area is 119 Å². The highest BCUT2D eigenvalue weighted by molar-refractivity contribution is 5.38. The van der Waals surface area contributed by atoms with Crippen molar-refractivity contribution in [1.29, 1.82) is 0 Å². The highest BCUT2D eigenvalue weighted by Gasteiger charge is 2.01. The fourth-order valence-electron chi connectivity index (χ4n) is 1.99. The predicted octanol–water partition coefficient (Wildman–Crippen LogP) is 0.706. The lowest BCUT2D eigenvalue weighted by Gasteiger charge is -2.16. The second-order valence-corrected chi connectivity index (χ2v) is 5.02. The van der Waals surface area contributed by atoms with Gasteiger partial charge in [-0.2, -0.15) is 5.10 Å². The summed E-state index contributed by atoms with van der Waals surface area (Å²) in [5.41, 5.74) is 3.02. The van der Waals surface area contributed by atoms with E-state index in [0.29, 0.717) is 0 Å². The maximum atomic E-state index is 5.05. The smallest absolute Gasteiger partial charge is 0.155 e. The molecule has 2 heterocycles. The van der Waals surface area contributed by atoms with Crippen molar-refractivity contribution in [3.63, 3.8) is 0 Å². The molecule has 0 radical (unpaired) electrons. The standard InChI is InChI=1S/C14H23N5O/c1-12-8-14-16-10-13(11-19(14)17-12)9-15-4-5-18(2)6-7-20-3/h8,10-11,15H,4-7,9H2,1-3H3. The number of aromatic nitrogens is 3. The van der Waals surface area contributed by atoms with Gasteiger partial charge in [-0.3, -0.25) is 0 Å². The van der Waals surface area contributed by atoms with E-state index in [1.807, 2.05) is 29.9 Å². The van der Waals surface area contributed by atoms with Crippen LogP contribution in [0.3, 0.4) is 0 Å². The lowest BCUT2D eigenvalue weighted by Crippen LogP contribution is -2.31. The normalized spacial score (nSPS) is 11.6. The molecule has 0 unspecified atom stereocenters. The van der Waals surface area contributed by atoms with Crippen LogP contribution in [0.2, 0.25) is 0 Å². The molecule has 0 amide bonds. The molecule has 0 aromatic carbocycles. The molecule has 1 N–H and O–H groups in total. The third-order valence-corrected chi connectivity index (χ3v) is 3.17. The molecular weight excluding hydrogens is 254 g/mol. The second kappa shape index (κ2) is 7.33. The summed E-state index contributed by atoms with van der Waals surface area (Å²) in [5, 5.41) is 7.79. The summed E-state index contributed by atoms with van der Waals surface area (Å²) in [7, 11) is 3.83. The lowest BCUT2D eigenvalue weighted by molar-refractivity contribution is 0.161. The Kier molecular flexibility index (Phi) is 5.46. The maximum absolute atomic E-state index is 5.05. The summed E-state index contributed by atoms with van der Waals surface area (Å²) < 4.78 is 6.88. The van der Waals surface area contributed by atoms with Gasteiger partial charge in [-0.05, 0) is 14.0 Å². The molecule has 6 nitrogen and oxygen atoms in total. The van der Waals surface area contributed by atoms with E-state index in [4.69, 9.17) is 4.74 Å². The van der Waals surface area contributed by atoms with Gasteiger partial charge in [-0.25, -0.2) is 9.50 Å². The number of hydrogen-bond acceptors (Lipinski definition) is 5. The van der Waals surface area contributed by atoms with Crippen molar-refractivity contribution < 1.29 is 4.74 Å². The summed E-state index contributed by atoms with van der Waals surface area (Å²) in [4.78, 5) is 6.63. The third kappa shape index (κ3) is 4.26. The number of ether oxygens (including phenoxy) is 1. The first-order valence-electron chi connectivity index (χ1n) is 6.88. The van der Waals surface area contributed by atoms with Gasteiger partial charge in [0.25, 0.3) is 0 Å². The molecule has 0 aliphatic carbocycles. The Balaban J connectivity index is 1.75. The van der Waals surface area contributed by atoms with Crippen LogP contribution in [-0.4, -0.2) is 59.9 Å². The van der Waals surface area contributed by atoms with Crippen molar-refractivity contribution in [2.45, 2.75) is 13.5 Å². The Morgan fingerprint density at radius 3 is 3.05 bits per heavy atom. The zero-order valence-corrected chi connectivity index (χ0v) is 12.5. The SMILES string of the molecule is COCCN(C)CCNCc1cnc2cc(C)nn2c1. The molecule has 0 saturated carbocycles. The molecule has 0 atom stereocenters. The quantitative estimate of drug-likeness (QED) is 0.720. The Hall–Kier alpha value is -1.50. The largest absolute Gasteiger partial charge is 0.383 e. The zero-order chi connectivity index (χ0) is 14.4.